The van der Waals surface area contributed by atoms with Crippen LogP contribution in [0.3, 0.4) is 0 Å². The average molecular weight is 991 g/mol. The van der Waals surface area contributed by atoms with Gasteiger partial charge in [0.1, 0.15) is 55.4 Å². The van der Waals surface area contributed by atoms with E-state index in [4.69, 9.17) is 28.4 Å². The molecule has 2 fully saturated rings. The molecule has 15 heteroatoms. The summed E-state index contributed by atoms with van der Waals surface area (Å²) in [6.45, 7) is 2.65. The molecule has 69 heavy (non-hydrogen) atoms. The summed E-state index contributed by atoms with van der Waals surface area (Å²) in [6, 6.07) is 0. The Hall–Kier alpha value is -1.50. The molecule has 7 N–H and O–H groups in total. The van der Waals surface area contributed by atoms with Crippen LogP contribution in [0.25, 0.3) is 0 Å². The Bertz CT molecular complexity index is 1210. The minimum atomic E-state index is -1.76. The molecule has 2 aliphatic heterocycles. The highest BCUT2D eigenvalue weighted by Crippen LogP contribution is 2.27. The highest BCUT2D eigenvalue weighted by molar-refractivity contribution is 5.70. The molecule has 11 atom stereocenters. The molecule has 0 spiro atoms. The van der Waals surface area contributed by atoms with E-state index >= 15 is 0 Å². The van der Waals surface area contributed by atoms with E-state index in [1.807, 2.05) is 0 Å². The third-order valence-corrected chi connectivity index (χ3v) is 13.8. The van der Waals surface area contributed by atoms with E-state index < -0.39 is 92.7 Å². The van der Waals surface area contributed by atoms with Crippen LogP contribution in [-0.2, 0) is 38.0 Å². The van der Waals surface area contributed by atoms with Crippen LogP contribution >= 0.6 is 0 Å². The van der Waals surface area contributed by atoms with E-state index in [2.05, 4.69) is 13.8 Å². The second kappa shape index (κ2) is 41.9. The summed E-state index contributed by atoms with van der Waals surface area (Å²) in [4.78, 5) is 25.8. The monoisotopic (exact) mass is 991 g/mol. The third kappa shape index (κ3) is 29.7. The topological polar surface area (TPSA) is 231 Å². The van der Waals surface area contributed by atoms with Gasteiger partial charge in [-0.3, -0.25) is 9.59 Å². The molecule has 2 heterocycles. The summed E-state index contributed by atoms with van der Waals surface area (Å²) in [5.74, 6) is -0.905. The number of carbonyl (C=O) groups is 2. The van der Waals surface area contributed by atoms with Crippen molar-refractivity contribution in [2.75, 3.05) is 26.4 Å². The zero-order chi connectivity index (χ0) is 50.3. The van der Waals surface area contributed by atoms with Crippen molar-refractivity contribution in [1.29, 1.82) is 0 Å². The van der Waals surface area contributed by atoms with E-state index in [0.29, 0.717) is 12.8 Å². The fourth-order valence-electron chi connectivity index (χ4n) is 9.22. The minimum Gasteiger partial charge on any atom is -0.462 e. The van der Waals surface area contributed by atoms with Crippen molar-refractivity contribution in [3.05, 3.63) is 0 Å². The minimum absolute atomic E-state index is 0.174. The SMILES string of the molecule is CCCCCCCCCCCCCCCCCCCC(=O)OC[C@@H](CO[C@@H]1O[C@H](CO[C@@H]2O[C@H](CO)[C@H](O)C(O)C2O)[C@H](O)C(O)C1O)OC(=O)CCCCCCCCCCCCCCCCCC. The largest absolute Gasteiger partial charge is 0.462 e. The van der Waals surface area contributed by atoms with Crippen molar-refractivity contribution in [3.8, 4) is 0 Å². The lowest BCUT2D eigenvalue weighted by molar-refractivity contribution is -0.332. The van der Waals surface area contributed by atoms with Crippen molar-refractivity contribution >= 4 is 11.9 Å². The molecule has 0 saturated carbocycles. The van der Waals surface area contributed by atoms with Gasteiger partial charge in [0.25, 0.3) is 0 Å². The molecule has 15 nitrogen and oxygen atoms in total. The molecule has 0 bridgehead atoms. The zero-order valence-electron chi connectivity index (χ0n) is 43.3. The molecule has 2 saturated heterocycles. The quantitative estimate of drug-likeness (QED) is 0.0223. The van der Waals surface area contributed by atoms with Gasteiger partial charge < -0.3 is 64.2 Å². The van der Waals surface area contributed by atoms with E-state index in [-0.39, 0.29) is 26.1 Å². The van der Waals surface area contributed by atoms with Crippen molar-refractivity contribution in [2.24, 2.45) is 0 Å². The number of unbranched alkanes of at least 4 members (excludes halogenated alkanes) is 31. The molecule has 0 aromatic carbocycles. The predicted molar refractivity (Wildman–Crippen MR) is 266 cm³/mol. The van der Waals surface area contributed by atoms with Crippen LogP contribution in [0.4, 0.5) is 0 Å². The summed E-state index contributed by atoms with van der Waals surface area (Å²) in [7, 11) is 0. The molecular weight excluding hydrogens is 889 g/mol. The van der Waals surface area contributed by atoms with Gasteiger partial charge in [0.05, 0.1) is 19.8 Å². The number of hydrogen-bond acceptors (Lipinski definition) is 15. The molecular formula is C54H102O15. The predicted octanol–water partition coefficient (Wildman–Crippen LogP) is 8.78. The van der Waals surface area contributed by atoms with Crippen molar-refractivity contribution in [2.45, 2.75) is 306 Å². The van der Waals surface area contributed by atoms with Crippen LogP contribution in [-0.4, -0.2) is 142 Å². The van der Waals surface area contributed by atoms with Crippen molar-refractivity contribution < 1.29 is 73.8 Å². The number of aliphatic hydroxyl groups excluding tert-OH is 7. The Kier molecular flexibility index (Phi) is 38.6. The van der Waals surface area contributed by atoms with Gasteiger partial charge in [-0.25, -0.2) is 0 Å². The highest BCUT2D eigenvalue weighted by atomic mass is 16.7. The maximum atomic E-state index is 13.0. The Labute approximate surface area is 417 Å². The fourth-order valence-corrected chi connectivity index (χ4v) is 9.22. The maximum absolute atomic E-state index is 13.0. The van der Waals surface area contributed by atoms with Crippen LogP contribution in [0.15, 0.2) is 0 Å². The first kappa shape index (κ1) is 63.6. The second-order valence-electron chi connectivity index (χ2n) is 20.1. The molecule has 2 aliphatic rings. The van der Waals surface area contributed by atoms with Gasteiger partial charge in [-0.1, -0.05) is 213 Å². The summed E-state index contributed by atoms with van der Waals surface area (Å²) >= 11 is 0. The highest BCUT2D eigenvalue weighted by Gasteiger charge is 2.47. The fraction of sp³-hybridized carbons (Fsp3) is 0.963. The normalized spacial score (nSPS) is 25.5. The lowest BCUT2D eigenvalue weighted by Gasteiger charge is -2.42. The zero-order valence-corrected chi connectivity index (χ0v) is 43.3. The Morgan fingerprint density at radius 2 is 0.739 bits per heavy atom. The Morgan fingerprint density at radius 1 is 0.406 bits per heavy atom. The molecule has 2 rings (SSSR count). The average Bonchev–Trinajstić information content (AvgIpc) is 3.34. The summed E-state index contributed by atoms with van der Waals surface area (Å²) < 4.78 is 33.7. The smallest absolute Gasteiger partial charge is 0.306 e. The number of esters is 2. The van der Waals surface area contributed by atoms with Crippen LogP contribution in [0.2, 0.25) is 0 Å². The summed E-state index contributed by atoms with van der Waals surface area (Å²) in [6.07, 6.45) is 24.1. The molecule has 0 aliphatic carbocycles. The molecule has 408 valence electrons. The van der Waals surface area contributed by atoms with Gasteiger partial charge in [0.15, 0.2) is 18.7 Å². The first-order valence-corrected chi connectivity index (χ1v) is 28.1. The molecule has 0 aromatic rings. The van der Waals surface area contributed by atoms with Gasteiger partial charge in [-0.15, -0.1) is 0 Å². The van der Waals surface area contributed by atoms with E-state index in [1.54, 1.807) is 0 Å². The number of ether oxygens (including phenoxy) is 6. The van der Waals surface area contributed by atoms with Crippen LogP contribution < -0.4 is 0 Å². The molecule has 4 unspecified atom stereocenters. The van der Waals surface area contributed by atoms with Crippen LogP contribution in [0, 0.1) is 0 Å². The van der Waals surface area contributed by atoms with E-state index in [9.17, 15) is 45.3 Å². The first-order valence-electron chi connectivity index (χ1n) is 28.1. The van der Waals surface area contributed by atoms with Gasteiger partial charge in [-0.2, -0.15) is 0 Å². The Morgan fingerprint density at radius 3 is 1.13 bits per heavy atom. The van der Waals surface area contributed by atoms with Gasteiger partial charge in [0.2, 0.25) is 0 Å². The second-order valence-corrected chi connectivity index (χ2v) is 20.1. The van der Waals surface area contributed by atoms with Gasteiger partial charge in [-0.05, 0) is 12.8 Å². The van der Waals surface area contributed by atoms with Crippen molar-refractivity contribution in [3.63, 3.8) is 0 Å². The van der Waals surface area contributed by atoms with Crippen LogP contribution in [0.5, 0.6) is 0 Å². The van der Waals surface area contributed by atoms with Gasteiger partial charge in [0, 0.05) is 12.8 Å². The van der Waals surface area contributed by atoms with Gasteiger partial charge >= 0.3 is 11.9 Å². The van der Waals surface area contributed by atoms with Crippen LogP contribution in [0.1, 0.15) is 239 Å². The number of carbonyl (C=O) groups excluding carboxylic acids is 2. The third-order valence-electron chi connectivity index (χ3n) is 13.8. The molecule has 0 aromatic heterocycles. The number of aliphatic hydroxyl groups is 7. The molecule has 0 radical (unpaired) electrons. The Balaban J connectivity index is 1.76. The lowest BCUT2D eigenvalue weighted by atomic mass is 9.98. The molecule has 0 amide bonds. The lowest BCUT2D eigenvalue weighted by Crippen LogP contribution is -2.61. The van der Waals surface area contributed by atoms with E-state index in [1.165, 1.54) is 161 Å². The summed E-state index contributed by atoms with van der Waals surface area (Å²) in [5.41, 5.74) is 0. The number of hydrogen-bond donors (Lipinski definition) is 7. The van der Waals surface area contributed by atoms with Crippen molar-refractivity contribution in [1.82, 2.24) is 0 Å². The number of rotatable bonds is 45. The van der Waals surface area contributed by atoms with E-state index in [0.717, 1.165) is 38.5 Å². The maximum Gasteiger partial charge on any atom is 0.306 e. The standard InChI is InChI=1S/C54H102O15/c1-3-5-7-9-11-13-15-17-19-21-23-24-26-28-30-32-34-36-45(56)64-39-42(67-46(57)37-35-33-31-29-27-25-22-20-18-16-14-12-10-8-6-4-2)40-65-53-52(63)50(61)48(59)44(69-53)41-66-54-51(62)49(60)47(58)43(38-55)68-54/h42-44,47-55,58-63H,3-41H2,1-2H3/t42-,43+,44+,47-,48-,49?,50?,51?,52?,53+,54+/m0/s1. The first-order chi connectivity index (χ1) is 33.5. The summed E-state index contributed by atoms with van der Waals surface area (Å²) in [5, 5.41) is 72.2.